The number of piperidine rings is 1. The van der Waals surface area contributed by atoms with E-state index in [1.54, 1.807) is 4.90 Å². The van der Waals surface area contributed by atoms with Crippen LogP contribution in [0.15, 0.2) is 24.3 Å². The predicted octanol–water partition coefficient (Wildman–Crippen LogP) is 2.42. The quantitative estimate of drug-likeness (QED) is 0.852. The number of nitrogens with zero attached hydrogens (tertiary/aromatic N) is 1. The molecule has 0 aliphatic carbocycles. The van der Waals surface area contributed by atoms with Gasteiger partial charge in [-0.05, 0) is 43.9 Å². The van der Waals surface area contributed by atoms with Crippen molar-refractivity contribution in [2.24, 2.45) is 5.73 Å². The highest BCUT2D eigenvalue weighted by Gasteiger charge is 2.45. The predicted molar refractivity (Wildman–Crippen MR) is 89.1 cm³/mol. The summed E-state index contributed by atoms with van der Waals surface area (Å²) in [6, 6.07) is 5.28. The van der Waals surface area contributed by atoms with Gasteiger partial charge in [0.05, 0.1) is 0 Å². The lowest BCUT2D eigenvalue weighted by atomic mass is 9.89. The van der Waals surface area contributed by atoms with E-state index in [0.717, 1.165) is 19.8 Å². The lowest BCUT2D eigenvalue weighted by Crippen LogP contribution is -2.45. The third kappa shape index (κ3) is 4.15. The number of hydrogen-bond acceptors (Lipinski definition) is 3. The van der Waals surface area contributed by atoms with Crippen LogP contribution in [-0.4, -0.2) is 40.3 Å². The van der Waals surface area contributed by atoms with E-state index in [-0.39, 0.29) is 23.9 Å². The standard InChI is InChI=1S/C18H24F2N2O3/c1-17(25,18(2,19)20)13-8-6-12(7-9-13)16(24)22-10-4-3-5-14(22)11-15(21)23/h6-9,14,25H,3-5,10-11H2,1-2H3,(H2,21,23). The molecule has 2 rings (SSSR count). The molecule has 2 atom stereocenters. The molecule has 2 amide bonds. The van der Waals surface area contributed by atoms with Gasteiger partial charge in [-0.15, -0.1) is 0 Å². The number of aliphatic hydroxyl groups is 1. The van der Waals surface area contributed by atoms with E-state index in [1.807, 2.05) is 0 Å². The first-order valence-corrected chi connectivity index (χ1v) is 8.34. The van der Waals surface area contributed by atoms with Gasteiger partial charge in [0.2, 0.25) is 5.91 Å². The fourth-order valence-corrected chi connectivity index (χ4v) is 3.07. The highest BCUT2D eigenvalue weighted by Crippen LogP contribution is 2.37. The molecule has 0 radical (unpaired) electrons. The summed E-state index contributed by atoms with van der Waals surface area (Å²) in [6.45, 7) is 2.22. The number of alkyl halides is 2. The number of carbonyl (C=O) groups is 2. The second kappa shape index (κ2) is 7.07. The third-order valence-electron chi connectivity index (χ3n) is 4.87. The average Bonchev–Trinajstić information content (AvgIpc) is 2.53. The van der Waals surface area contributed by atoms with Crippen LogP contribution in [0.3, 0.4) is 0 Å². The zero-order chi connectivity index (χ0) is 18.8. The van der Waals surface area contributed by atoms with Crippen LogP contribution in [0.2, 0.25) is 0 Å². The zero-order valence-corrected chi connectivity index (χ0v) is 14.5. The van der Waals surface area contributed by atoms with E-state index in [2.05, 4.69) is 0 Å². The Morgan fingerprint density at radius 2 is 1.84 bits per heavy atom. The van der Waals surface area contributed by atoms with E-state index in [4.69, 9.17) is 5.73 Å². The Morgan fingerprint density at radius 3 is 2.36 bits per heavy atom. The average molecular weight is 354 g/mol. The fourth-order valence-electron chi connectivity index (χ4n) is 3.07. The zero-order valence-electron chi connectivity index (χ0n) is 14.5. The smallest absolute Gasteiger partial charge is 0.277 e. The van der Waals surface area contributed by atoms with Gasteiger partial charge in [0.1, 0.15) is 5.60 Å². The molecule has 1 aliphatic rings. The number of primary amides is 1. The summed E-state index contributed by atoms with van der Waals surface area (Å²) in [5, 5.41) is 10.0. The number of nitrogens with two attached hydrogens (primary N) is 1. The molecule has 7 heteroatoms. The molecule has 2 unspecified atom stereocenters. The molecule has 138 valence electrons. The van der Waals surface area contributed by atoms with Gasteiger partial charge in [-0.3, -0.25) is 9.59 Å². The second-order valence-corrected chi connectivity index (χ2v) is 6.86. The minimum atomic E-state index is -3.32. The SMILES string of the molecule is CC(F)(F)C(C)(O)c1ccc(C(=O)N2CCCCC2CC(N)=O)cc1. The molecule has 3 N–H and O–H groups in total. The van der Waals surface area contributed by atoms with Gasteiger partial charge in [0.25, 0.3) is 11.8 Å². The molecule has 1 aliphatic heterocycles. The van der Waals surface area contributed by atoms with E-state index in [9.17, 15) is 23.5 Å². The summed E-state index contributed by atoms with van der Waals surface area (Å²) >= 11 is 0. The van der Waals surface area contributed by atoms with Gasteiger partial charge in [-0.25, -0.2) is 8.78 Å². The number of carbonyl (C=O) groups excluding carboxylic acids is 2. The number of benzene rings is 1. The van der Waals surface area contributed by atoms with Crippen LogP contribution < -0.4 is 5.73 Å². The molecular weight excluding hydrogens is 330 g/mol. The molecule has 1 aromatic rings. The van der Waals surface area contributed by atoms with Gasteiger partial charge in [0.15, 0.2) is 0 Å². The van der Waals surface area contributed by atoms with Crippen LogP contribution in [0.25, 0.3) is 0 Å². The van der Waals surface area contributed by atoms with Crippen LogP contribution in [-0.2, 0) is 10.4 Å². The van der Waals surface area contributed by atoms with E-state index in [1.165, 1.54) is 24.3 Å². The summed E-state index contributed by atoms with van der Waals surface area (Å²) < 4.78 is 27.1. The lowest BCUT2D eigenvalue weighted by molar-refractivity contribution is -0.165. The number of rotatable bonds is 5. The number of hydrogen-bond donors (Lipinski definition) is 2. The monoisotopic (exact) mass is 354 g/mol. The van der Waals surface area contributed by atoms with Crippen molar-refractivity contribution in [3.8, 4) is 0 Å². The summed E-state index contributed by atoms with van der Waals surface area (Å²) in [5.41, 5.74) is 3.29. The van der Waals surface area contributed by atoms with Crippen LogP contribution in [0, 0.1) is 0 Å². The highest BCUT2D eigenvalue weighted by atomic mass is 19.3. The van der Waals surface area contributed by atoms with Crippen molar-refractivity contribution in [1.29, 1.82) is 0 Å². The second-order valence-electron chi connectivity index (χ2n) is 6.86. The topological polar surface area (TPSA) is 83.6 Å². The van der Waals surface area contributed by atoms with E-state index >= 15 is 0 Å². The molecule has 1 aromatic carbocycles. The van der Waals surface area contributed by atoms with Crippen molar-refractivity contribution in [2.45, 2.75) is 57.1 Å². The van der Waals surface area contributed by atoms with Gasteiger partial charge in [-0.2, -0.15) is 0 Å². The largest absolute Gasteiger partial charge is 0.379 e. The minimum absolute atomic E-state index is 0.0314. The molecule has 25 heavy (non-hydrogen) atoms. The number of amides is 2. The molecule has 0 aromatic heterocycles. The molecule has 0 bridgehead atoms. The van der Waals surface area contributed by atoms with Crippen LogP contribution in [0.5, 0.6) is 0 Å². The summed E-state index contributed by atoms with van der Waals surface area (Å²) in [6.07, 6.45) is 2.59. The van der Waals surface area contributed by atoms with Gasteiger partial charge >= 0.3 is 0 Å². The van der Waals surface area contributed by atoms with Crippen molar-refractivity contribution in [3.63, 3.8) is 0 Å². The maximum absolute atomic E-state index is 13.5. The molecule has 0 spiro atoms. The van der Waals surface area contributed by atoms with Crippen molar-refractivity contribution in [1.82, 2.24) is 4.90 Å². The maximum Gasteiger partial charge on any atom is 0.277 e. The lowest BCUT2D eigenvalue weighted by Gasteiger charge is -2.35. The molecule has 1 saturated heterocycles. The van der Waals surface area contributed by atoms with Gasteiger partial charge < -0.3 is 15.7 Å². The summed E-state index contributed by atoms with van der Waals surface area (Å²) in [7, 11) is 0. The third-order valence-corrected chi connectivity index (χ3v) is 4.87. The molecule has 1 heterocycles. The summed E-state index contributed by atoms with van der Waals surface area (Å²) in [4.78, 5) is 25.5. The molecule has 1 fully saturated rings. The Morgan fingerprint density at radius 1 is 1.24 bits per heavy atom. The highest BCUT2D eigenvalue weighted by molar-refractivity contribution is 5.94. The van der Waals surface area contributed by atoms with Crippen LogP contribution in [0.4, 0.5) is 8.78 Å². The van der Waals surface area contributed by atoms with Crippen LogP contribution >= 0.6 is 0 Å². The Hall–Kier alpha value is -2.02. The van der Waals surface area contributed by atoms with Crippen molar-refractivity contribution >= 4 is 11.8 Å². The Labute approximate surface area is 145 Å². The van der Waals surface area contributed by atoms with Crippen molar-refractivity contribution in [3.05, 3.63) is 35.4 Å². The van der Waals surface area contributed by atoms with Crippen molar-refractivity contribution in [2.75, 3.05) is 6.54 Å². The van der Waals surface area contributed by atoms with Crippen molar-refractivity contribution < 1.29 is 23.5 Å². The summed E-state index contributed by atoms with van der Waals surface area (Å²) in [5.74, 6) is -4.04. The number of likely N-dealkylation sites (tertiary alicyclic amines) is 1. The van der Waals surface area contributed by atoms with Gasteiger partial charge in [0, 0.05) is 31.5 Å². The van der Waals surface area contributed by atoms with E-state index in [0.29, 0.717) is 25.5 Å². The normalized spacial score (nSPS) is 20.8. The van der Waals surface area contributed by atoms with Gasteiger partial charge in [-0.1, -0.05) is 12.1 Å². The first-order chi connectivity index (χ1) is 11.5. The molecule has 0 saturated carbocycles. The maximum atomic E-state index is 13.5. The number of halogens is 2. The first kappa shape index (κ1) is 19.3. The Bertz CT molecular complexity index is 639. The van der Waals surface area contributed by atoms with Crippen LogP contribution in [0.1, 0.15) is 55.5 Å². The Kier molecular flexibility index (Phi) is 5.46. The first-order valence-electron chi connectivity index (χ1n) is 8.34. The minimum Gasteiger partial charge on any atom is -0.379 e. The Balaban J connectivity index is 2.21. The fraction of sp³-hybridized carbons (Fsp3) is 0.556. The molecular formula is C18H24F2N2O3. The molecule has 5 nitrogen and oxygen atoms in total. The van der Waals surface area contributed by atoms with E-state index < -0.39 is 17.4 Å².